The van der Waals surface area contributed by atoms with Crippen LogP contribution in [0, 0.1) is 5.41 Å². The van der Waals surface area contributed by atoms with Gasteiger partial charge in [0.05, 0.1) is 5.41 Å². The summed E-state index contributed by atoms with van der Waals surface area (Å²) in [4.78, 5) is 10.7. The van der Waals surface area contributed by atoms with Crippen molar-refractivity contribution in [3.63, 3.8) is 0 Å². The van der Waals surface area contributed by atoms with Gasteiger partial charge in [-0.1, -0.05) is 0 Å². The molecule has 2 nitrogen and oxygen atoms in total. The molecule has 0 saturated heterocycles. The molecule has 0 aromatic rings. The van der Waals surface area contributed by atoms with Gasteiger partial charge in [-0.15, -0.1) is 0 Å². The summed E-state index contributed by atoms with van der Waals surface area (Å²) in [5.41, 5.74) is -0.664. The molecule has 0 unspecified atom stereocenters. The summed E-state index contributed by atoms with van der Waals surface area (Å²) in [5, 5.41) is 8.76. The van der Waals surface area contributed by atoms with Gasteiger partial charge < -0.3 is 5.11 Å². The van der Waals surface area contributed by atoms with Crippen LogP contribution in [0.5, 0.6) is 0 Å². The second-order valence-corrected chi connectivity index (χ2v) is 3.54. The molecule has 0 heterocycles. The maximum Gasteiger partial charge on any atom is 0.309 e. The van der Waals surface area contributed by atoms with Crippen molar-refractivity contribution in [1.82, 2.24) is 0 Å². The molecule has 0 spiro atoms. The summed E-state index contributed by atoms with van der Waals surface area (Å²) in [6.45, 7) is 1.70. The Morgan fingerprint density at radius 2 is 2.00 bits per heavy atom. The lowest BCUT2D eigenvalue weighted by Crippen LogP contribution is -2.32. The van der Waals surface area contributed by atoms with Crippen LogP contribution in [0.1, 0.15) is 32.6 Å². The quantitative estimate of drug-likeness (QED) is 0.636. The highest BCUT2D eigenvalue weighted by atomic mass is 19.1. The molecule has 1 fully saturated rings. The van der Waals surface area contributed by atoms with Gasteiger partial charge >= 0.3 is 5.97 Å². The van der Waals surface area contributed by atoms with Gasteiger partial charge in [-0.3, -0.25) is 4.79 Å². The highest BCUT2D eigenvalue weighted by Gasteiger charge is 2.37. The van der Waals surface area contributed by atoms with E-state index in [-0.39, 0.29) is 0 Å². The Hall–Kier alpha value is -0.600. The van der Waals surface area contributed by atoms with E-state index in [1.54, 1.807) is 6.92 Å². The number of halogens is 1. The van der Waals surface area contributed by atoms with E-state index < -0.39 is 17.6 Å². The number of hydrogen-bond acceptors (Lipinski definition) is 1. The number of carboxylic acid groups (broad SMARTS) is 1. The fourth-order valence-corrected chi connectivity index (χ4v) is 1.43. The normalized spacial score (nSPS) is 38.5. The van der Waals surface area contributed by atoms with Crippen LogP contribution in [-0.4, -0.2) is 17.2 Å². The van der Waals surface area contributed by atoms with E-state index in [1.807, 2.05) is 0 Å². The molecule has 11 heavy (non-hydrogen) atoms. The smallest absolute Gasteiger partial charge is 0.309 e. The van der Waals surface area contributed by atoms with Crippen LogP contribution in [0.15, 0.2) is 0 Å². The predicted molar refractivity (Wildman–Crippen MR) is 39.1 cm³/mol. The van der Waals surface area contributed by atoms with E-state index in [2.05, 4.69) is 0 Å². The van der Waals surface area contributed by atoms with Crippen LogP contribution < -0.4 is 0 Å². The largest absolute Gasteiger partial charge is 0.481 e. The van der Waals surface area contributed by atoms with E-state index in [0.29, 0.717) is 25.7 Å². The predicted octanol–water partition coefficient (Wildman–Crippen LogP) is 1.99. The number of carboxylic acids is 1. The second kappa shape index (κ2) is 2.80. The number of aliphatic carboxylic acids is 1. The molecule has 0 bridgehead atoms. The van der Waals surface area contributed by atoms with Gasteiger partial charge in [0, 0.05) is 0 Å². The highest BCUT2D eigenvalue weighted by molar-refractivity contribution is 5.74. The third kappa shape index (κ3) is 1.70. The molecule has 1 N–H and O–H groups in total. The lowest BCUT2D eigenvalue weighted by Gasteiger charge is -2.30. The molecule has 1 aliphatic carbocycles. The molecule has 0 aliphatic heterocycles. The van der Waals surface area contributed by atoms with Gasteiger partial charge in [-0.05, 0) is 32.6 Å². The molecular formula is C8H13FO2. The van der Waals surface area contributed by atoms with E-state index in [1.165, 1.54) is 0 Å². The number of hydrogen-bond donors (Lipinski definition) is 1. The Morgan fingerprint density at radius 1 is 1.55 bits per heavy atom. The molecule has 1 aliphatic rings. The average Bonchev–Trinajstić information content (AvgIpc) is 1.95. The van der Waals surface area contributed by atoms with Crippen LogP contribution >= 0.6 is 0 Å². The van der Waals surface area contributed by atoms with Crippen LogP contribution in [-0.2, 0) is 4.79 Å². The Labute approximate surface area is 65.4 Å². The maximum absolute atomic E-state index is 12.6. The van der Waals surface area contributed by atoms with Gasteiger partial charge in [0.1, 0.15) is 6.17 Å². The summed E-state index contributed by atoms with van der Waals surface area (Å²) < 4.78 is 12.6. The molecule has 0 atom stereocenters. The summed E-state index contributed by atoms with van der Waals surface area (Å²) in [6.07, 6.45) is 0.987. The fourth-order valence-electron chi connectivity index (χ4n) is 1.43. The van der Waals surface area contributed by atoms with Crippen LogP contribution in [0.25, 0.3) is 0 Å². The number of carbonyl (C=O) groups is 1. The zero-order valence-corrected chi connectivity index (χ0v) is 6.64. The minimum Gasteiger partial charge on any atom is -0.481 e. The lowest BCUT2D eigenvalue weighted by molar-refractivity contribution is -0.150. The van der Waals surface area contributed by atoms with Crippen molar-refractivity contribution in [2.24, 2.45) is 5.41 Å². The van der Waals surface area contributed by atoms with E-state index >= 15 is 0 Å². The van der Waals surface area contributed by atoms with Crippen LogP contribution in [0.3, 0.4) is 0 Å². The third-order valence-electron chi connectivity index (χ3n) is 2.54. The van der Waals surface area contributed by atoms with Crippen molar-refractivity contribution in [3.8, 4) is 0 Å². The lowest BCUT2D eigenvalue weighted by atomic mass is 9.75. The first-order valence-electron chi connectivity index (χ1n) is 3.92. The van der Waals surface area contributed by atoms with Crippen molar-refractivity contribution in [1.29, 1.82) is 0 Å². The van der Waals surface area contributed by atoms with Gasteiger partial charge in [0.25, 0.3) is 0 Å². The Morgan fingerprint density at radius 3 is 2.36 bits per heavy atom. The van der Waals surface area contributed by atoms with Crippen LogP contribution in [0.4, 0.5) is 4.39 Å². The molecule has 64 valence electrons. The Kier molecular flexibility index (Phi) is 2.16. The van der Waals surface area contributed by atoms with E-state index in [9.17, 15) is 9.18 Å². The SMILES string of the molecule is CC1(C(=O)O)CCC(F)CC1. The molecule has 0 aromatic carbocycles. The van der Waals surface area contributed by atoms with Gasteiger partial charge in [0.15, 0.2) is 0 Å². The van der Waals surface area contributed by atoms with Gasteiger partial charge in [-0.25, -0.2) is 4.39 Å². The minimum atomic E-state index is -0.788. The minimum absolute atomic E-state index is 0.406. The summed E-state index contributed by atoms with van der Waals surface area (Å²) in [7, 11) is 0. The molecular weight excluding hydrogens is 147 g/mol. The van der Waals surface area contributed by atoms with Crippen molar-refractivity contribution in [2.45, 2.75) is 38.8 Å². The monoisotopic (exact) mass is 160 g/mol. The zero-order chi connectivity index (χ0) is 8.48. The Balaban J connectivity index is 2.55. The van der Waals surface area contributed by atoms with Gasteiger partial charge in [-0.2, -0.15) is 0 Å². The third-order valence-corrected chi connectivity index (χ3v) is 2.54. The van der Waals surface area contributed by atoms with Gasteiger partial charge in [0.2, 0.25) is 0 Å². The Bertz CT molecular complexity index is 159. The topological polar surface area (TPSA) is 37.3 Å². The first-order valence-corrected chi connectivity index (χ1v) is 3.92. The molecule has 1 rings (SSSR count). The molecule has 0 aromatic heterocycles. The standard InChI is InChI=1S/C8H13FO2/c1-8(7(10)11)4-2-6(9)3-5-8/h6H,2-5H2,1H3,(H,10,11). The maximum atomic E-state index is 12.6. The van der Waals surface area contributed by atoms with E-state index in [0.717, 1.165) is 0 Å². The number of rotatable bonds is 1. The first-order chi connectivity index (χ1) is 5.04. The molecule has 0 amide bonds. The first kappa shape index (κ1) is 8.50. The van der Waals surface area contributed by atoms with Crippen molar-refractivity contribution in [3.05, 3.63) is 0 Å². The van der Waals surface area contributed by atoms with Crippen molar-refractivity contribution in [2.75, 3.05) is 0 Å². The van der Waals surface area contributed by atoms with E-state index in [4.69, 9.17) is 5.11 Å². The average molecular weight is 160 g/mol. The molecule has 1 saturated carbocycles. The molecule has 3 heteroatoms. The fraction of sp³-hybridized carbons (Fsp3) is 0.875. The molecule has 0 radical (unpaired) electrons. The van der Waals surface area contributed by atoms with Crippen molar-refractivity contribution >= 4 is 5.97 Å². The summed E-state index contributed by atoms with van der Waals surface area (Å²) in [6, 6.07) is 0. The summed E-state index contributed by atoms with van der Waals surface area (Å²) >= 11 is 0. The summed E-state index contributed by atoms with van der Waals surface area (Å²) in [5.74, 6) is -0.788. The van der Waals surface area contributed by atoms with Crippen molar-refractivity contribution < 1.29 is 14.3 Å². The highest BCUT2D eigenvalue weighted by Crippen LogP contribution is 2.36. The van der Waals surface area contributed by atoms with Crippen LogP contribution in [0.2, 0.25) is 0 Å². The zero-order valence-electron chi connectivity index (χ0n) is 6.64. The second-order valence-electron chi connectivity index (χ2n) is 3.54. The number of alkyl halides is 1.